The van der Waals surface area contributed by atoms with Crippen LogP contribution in [0.2, 0.25) is 0 Å². The van der Waals surface area contributed by atoms with Gasteiger partial charge in [0.25, 0.3) is 0 Å². The average Bonchev–Trinajstić information content (AvgIpc) is 3.30. The van der Waals surface area contributed by atoms with Gasteiger partial charge < -0.3 is 9.72 Å². The van der Waals surface area contributed by atoms with E-state index in [1.165, 1.54) is 11.6 Å². The Labute approximate surface area is 205 Å². The van der Waals surface area contributed by atoms with Crippen LogP contribution in [0, 0.1) is 12.3 Å². The van der Waals surface area contributed by atoms with Crippen LogP contribution < -0.4 is 4.74 Å². The number of benzene rings is 3. The Balaban J connectivity index is 1.67. The number of alkyl halides is 3. The second-order valence-corrected chi connectivity index (χ2v) is 8.66. The highest BCUT2D eigenvalue weighted by molar-refractivity contribution is 5.94. The van der Waals surface area contributed by atoms with Gasteiger partial charge in [0.05, 0.1) is 27.8 Å². The van der Waals surface area contributed by atoms with E-state index in [9.17, 15) is 13.2 Å². The van der Waals surface area contributed by atoms with E-state index in [1.54, 1.807) is 12.1 Å². The first-order chi connectivity index (χ1) is 17.2. The molecule has 0 spiro atoms. The van der Waals surface area contributed by atoms with Gasteiger partial charge in [0.1, 0.15) is 12.4 Å². The van der Waals surface area contributed by atoms with E-state index in [-0.39, 0.29) is 23.8 Å². The zero-order valence-corrected chi connectivity index (χ0v) is 19.5. The molecule has 5 aromatic rings. The number of nitrogens with one attached hydrogen (secondary N) is 1. The molecule has 5 nitrogen and oxygen atoms in total. The quantitative estimate of drug-likeness (QED) is 0.272. The maximum Gasteiger partial charge on any atom is 0.416 e. The minimum atomic E-state index is -4.45. The molecule has 180 valence electrons. The maximum atomic E-state index is 13.2. The molecule has 0 bridgehead atoms. The molecule has 1 N–H and O–H groups in total. The van der Waals surface area contributed by atoms with Crippen molar-refractivity contribution in [1.82, 2.24) is 19.9 Å². The van der Waals surface area contributed by atoms with Crippen LogP contribution in [0.25, 0.3) is 44.8 Å². The molecule has 5 rings (SSSR count). The standard InChI is InChI=1S/C28H21F3N4O/c1-4-13-36-20-10-12-22-21(15-20)25(18-7-5-17(6-8-18)16(2)3)35-27(32-22)26-33-23-11-9-19(28(29,30)31)14-24(23)34-26/h1,5-12,14-16H,13H2,2-3H3,(H,33,34). The lowest BCUT2D eigenvalue weighted by molar-refractivity contribution is -0.137. The molecule has 2 heterocycles. The monoisotopic (exact) mass is 486 g/mol. The number of aromatic amines is 1. The summed E-state index contributed by atoms with van der Waals surface area (Å²) in [6, 6.07) is 16.8. The Morgan fingerprint density at radius 3 is 2.39 bits per heavy atom. The molecule has 2 aromatic heterocycles. The normalized spacial score (nSPS) is 11.8. The topological polar surface area (TPSA) is 63.7 Å². The molecule has 8 heteroatoms. The lowest BCUT2D eigenvalue weighted by Crippen LogP contribution is -2.04. The Hall–Kier alpha value is -4.38. The Bertz CT molecular complexity index is 1610. The third-order valence-electron chi connectivity index (χ3n) is 5.86. The minimum absolute atomic E-state index is 0.127. The number of nitrogens with zero attached hydrogens (tertiary/aromatic N) is 3. The Morgan fingerprint density at radius 2 is 1.69 bits per heavy atom. The number of halogens is 3. The van der Waals surface area contributed by atoms with Crippen LogP contribution in [0.1, 0.15) is 30.9 Å². The zero-order valence-electron chi connectivity index (χ0n) is 19.5. The van der Waals surface area contributed by atoms with Crippen LogP contribution in [0.15, 0.2) is 60.7 Å². The molecular weight excluding hydrogens is 465 g/mol. The smallest absolute Gasteiger partial charge is 0.416 e. The first-order valence-corrected chi connectivity index (χ1v) is 11.3. The number of terminal acetylenes is 1. The summed E-state index contributed by atoms with van der Waals surface area (Å²) in [5, 5.41) is 0.751. The summed E-state index contributed by atoms with van der Waals surface area (Å²) in [5.41, 5.74) is 3.22. The van der Waals surface area contributed by atoms with Crippen molar-refractivity contribution >= 4 is 21.9 Å². The molecule has 0 amide bonds. The number of hydrogen-bond donors (Lipinski definition) is 1. The van der Waals surface area contributed by atoms with Crippen LogP contribution in [0.5, 0.6) is 5.75 Å². The number of imidazole rings is 1. The van der Waals surface area contributed by atoms with Crippen molar-refractivity contribution in [3.8, 4) is 41.0 Å². The fourth-order valence-corrected chi connectivity index (χ4v) is 3.97. The van der Waals surface area contributed by atoms with E-state index in [4.69, 9.17) is 16.1 Å². The van der Waals surface area contributed by atoms with Crippen molar-refractivity contribution in [2.24, 2.45) is 0 Å². The third kappa shape index (κ3) is 4.48. The summed E-state index contributed by atoms with van der Waals surface area (Å²) in [6.45, 7) is 4.36. The molecular formula is C28H21F3N4O. The number of ether oxygens (including phenoxy) is 1. The summed E-state index contributed by atoms with van der Waals surface area (Å²) >= 11 is 0. The van der Waals surface area contributed by atoms with Gasteiger partial charge in [-0.2, -0.15) is 13.2 Å². The van der Waals surface area contributed by atoms with E-state index in [1.807, 2.05) is 30.3 Å². The first kappa shape index (κ1) is 23.4. The van der Waals surface area contributed by atoms with E-state index in [2.05, 4.69) is 34.7 Å². The Morgan fingerprint density at radius 1 is 0.944 bits per heavy atom. The number of H-pyrrole nitrogens is 1. The third-order valence-corrected chi connectivity index (χ3v) is 5.86. The fourth-order valence-electron chi connectivity index (χ4n) is 3.97. The predicted octanol–water partition coefficient (Wildman–Crippen LogP) is 6.99. The summed E-state index contributed by atoms with van der Waals surface area (Å²) in [7, 11) is 0. The van der Waals surface area contributed by atoms with Gasteiger partial charge in [-0.1, -0.05) is 44.0 Å². The second kappa shape index (κ2) is 9.00. The molecule has 0 aliphatic rings. The first-order valence-electron chi connectivity index (χ1n) is 11.3. The molecule has 0 radical (unpaired) electrons. The summed E-state index contributed by atoms with van der Waals surface area (Å²) in [4.78, 5) is 16.8. The number of fused-ring (bicyclic) bond motifs is 2. The highest BCUT2D eigenvalue weighted by Gasteiger charge is 2.30. The number of hydrogen-bond acceptors (Lipinski definition) is 4. The van der Waals surface area contributed by atoms with Gasteiger partial charge in [-0.3, -0.25) is 0 Å². The largest absolute Gasteiger partial charge is 0.481 e. The van der Waals surface area contributed by atoms with Crippen LogP contribution in [-0.4, -0.2) is 26.5 Å². The van der Waals surface area contributed by atoms with E-state index >= 15 is 0 Å². The van der Waals surface area contributed by atoms with Crippen molar-refractivity contribution < 1.29 is 17.9 Å². The highest BCUT2D eigenvalue weighted by atomic mass is 19.4. The highest BCUT2D eigenvalue weighted by Crippen LogP contribution is 2.34. The SMILES string of the molecule is C#CCOc1ccc2nc(-c3nc4ccc(C(F)(F)F)cc4[nH]3)nc(-c3ccc(C(C)C)cc3)c2c1. The van der Waals surface area contributed by atoms with Crippen LogP contribution in [-0.2, 0) is 6.18 Å². The summed E-state index contributed by atoms with van der Waals surface area (Å²) in [5.74, 6) is 3.95. The van der Waals surface area contributed by atoms with Gasteiger partial charge in [0.2, 0.25) is 0 Å². The zero-order chi connectivity index (χ0) is 25.4. The van der Waals surface area contributed by atoms with Crippen LogP contribution in [0.3, 0.4) is 0 Å². The molecule has 0 saturated heterocycles. The van der Waals surface area contributed by atoms with Crippen molar-refractivity contribution in [3.05, 3.63) is 71.8 Å². The maximum absolute atomic E-state index is 13.2. The molecule has 0 unspecified atom stereocenters. The molecule has 0 saturated carbocycles. The minimum Gasteiger partial charge on any atom is -0.481 e. The fraction of sp³-hybridized carbons (Fsp3) is 0.179. The van der Waals surface area contributed by atoms with Crippen molar-refractivity contribution in [2.45, 2.75) is 25.9 Å². The van der Waals surface area contributed by atoms with Gasteiger partial charge >= 0.3 is 6.18 Å². The summed E-state index contributed by atoms with van der Waals surface area (Å²) < 4.78 is 45.1. The molecule has 36 heavy (non-hydrogen) atoms. The second-order valence-electron chi connectivity index (χ2n) is 8.66. The van der Waals surface area contributed by atoms with Crippen molar-refractivity contribution in [2.75, 3.05) is 6.61 Å². The number of rotatable bonds is 5. The Kier molecular flexibility index (Phi) is 5.84. The molecule has 0 atom stereocenters. The van der Waals surface area contributed by atoms with E-state index in [0.29, 0.717) is 28.4 Å². The van der Waals surface area contributed by atoms with Gasteiger partial charge in [-0.05, 0) is 47.9 Å². The van der Waals surface area contributed by atoms with Crippen LogP contribution in [0.4, 0.5) is 13.2 Å². The lowest BCUT2D eigenvalue weighted by atomic mass is 9.99. The lowest BCUT2D eigenvalue weighted by Gasteiger charge is -2.11. The van der Waals surface area contributed by atoms with E-state index < -0.39 is 11.7 Å². The van der Waals surface area contributed by atoms with Gasteiger partial charge in [0, 0.05) is 10.9 Å². The molecule has 3 aromatic carbocycles. The molecule has 0 aliphatic heterocycles. The van der Waals surface area contributed by atoms with Gasteiger partial charge in [-0.15, -0.1) is 6.42 Å². The predicted molar refractivity (Wildman–Crippen MR) is 133 cm³/mol. The average molecular weight is 486 g/mol. The van der Waals surface area contributed by atoms with Crippen molar-refractivity contribution in [3.63, 3.8) is 0 Å². The van der Waals surface area contributed by atoms with Crippen molar-refractivity contribution in [1.29, 1.82) is 0 Å². The van der Waals surface area contributed by atoms with E-state index in [0.717, 1.165) is 23.1 Å². The molecule has 0 fully saturated rings. The van der Waals surface area contributed by atoms with Gasteiger partial charge in [-0.25, -0.2) is 15.0 Å². The van der Waals surface area contributed by atoms with Gasteiger partial charge in [0.15, 0.2) is 11.6 Å². The number of aromatic nitrogens is 4. The molecule has 0 aliphatic carbocycles. The summed E-state index contributed by atoms with van der Waals surface area (Å²) in [6.07, 6.45) is 0.874. The van der Waals surface area contributed by atoms with Crippen LogP contribution >= 0.6 is 0 Å².